The SMILES string of the molecule is O/N=C\c1cc2ccccc2o1. The Hall–Kier alpha value is -1.77. The van der Waals surface area contributed by atoms with Crippen LogP contribution in [0.15, 0.2) is 39.9 Å². The molecule has 3 heteroatoms. The maximum absolute atomic E-state index is 8.25. The van der Waals surface area contributed by atoms with Crippen LogP contribution >= 0.6 is 0 Å². The van der Waals surface area contributed by atoms with Crippen molar-refractivity contribution in [1.29, 1.82) is 0 Å². The van der Waals surface area contributed by atoms with E-state index in [0.717, 1.165) is 11.0 Å². The van der Waals surface area contributed by atoms with Gasteiger partial charge in [-0.05, 0) is 12.1 Å². The summed E-state index contributed by atoms with van der Waals surface area (Å²) >= 11 is 0. The van der Waals surface area contributed by atoms with Crippen LogP contribution in [0.25, 0.3) is 11.0 Å². The van der Waals surface area contributed by atoms with E-state index < -0.39 is 0 Å². The van der Waals surface area contributed by atoms with Gasteiger partial charge in [0.25, 0.3) is 0 Å². The Morgan fingerprint density at radius 1 is 1.33 bits per heavy atom. The van der Waals surface area contributed by atoms with Gasteiger partial charge in [-0.1, -0.05) is 23.4 Å². The highest BCUT2D eigenvalue weighted by atomic mass is 16.4. The van der Waals surface area contributed by atoms with Crippen LogP contribution in [-0.2, 0) is 0 Å². The van der Waals surface area contributed by atoms with Crippen LogP contribution in [0.5, 0.6) is 0 Å². The summed E-state index contributed by atoms with van der Waals surface area (Å²) in [6, 6.07) is 9.44. The minimum atomic E-state index is 0.554. The average molecular weight is 161 g/mol. The van der Waals surface area contributed by atoms with Crippen molar-refractivity contribution < 1.29 is 9.62 Å². The molecule has 2 aromatic rings. The maximum Gasteiger partial charge on any atom is 0.149 e. The second kappa shape index (κ2) is 2.70. The Bertz CT molecular complexity index is 384. The first-order valence-corrected chi connectivity index (χ1v) is 3.56. The van der Waals surface area contributed by atoms with E-state index in [1.165, 1.54) is 6.21 Å². The molecule has 0 atom stereocenters. The van der Waals surface area contributed by atoms with Crippen LogP contribution in [0.4, 0.5) is 0 Å². The Balaban J connectivity index is 2.62. The lowest BCUT2D eigenvalue weighted by Crippen LogP contribution is -1.70. The molecule has 1 aromatic heterocycles. The van der Waals surface area contributed by atoms with E-state index in [1.54, 1.807) is 0 Å². The monoisotopic (exact) mass is 161 g/mol. The van der Waals surface area contributed by atoms with Crippen LogP contribution in [0.1, 0.15) is 5.76 Å². The fourth-order valence-electron chi connectivity index (χ4n) is 1.12. The fourth-order valence-corrected chi connectivity index (χ4v) is 1.12. The first-order chi connectivity index (χ1) is 5.90. The van der Waals surface area contributed by atoms with E-state index >= 15 is 0 Å². The van der Waals surface area contributed by atoms with E-state index in [0.29, 0.717) is 5.76 Å². The molecule has 0 spiro atoms. The smallest absolute Gasteiger partial charge is 0.149 e. The highest BCUT2D eigenvalue weighted by Crippen LogP contribution is 2.17. The molecule has 0 saturated heterocycles. The molecule has 2 rings (SSSR count). The molecule has 0 fully saturated rings. The third-order valence-corrected chi connectivity index (χ3v) is 1.63. The number of hydrogen-bond acceptors (Lipinski definition) is 3. The summed E-state index contributed by atoms with van der Waals surface area (Å²) in [4.78, 5) is 0. The Morgan fingerprint density at radius 2 is 2.17 bits per heavy atom. The summed E-state index contributed by atoms with van der Waals surface area (Å²) < 4.78 is 5.30. The molecular formula is C9H7NO2. The van der Waals surface area contributed by atoms with Gasteiger partial charge < -0.3 is 9.62 Å². The predicted molar refractivity (Wildman–Crippen MR) is 45.6 cm³/mol. The van der Waals surface area contributed by atoms with E-state index in [-0.39, 0.29) is 0 Å². The Kier molecular flexibility index (Phi) is 1.55. The standard InChI is InChI=1S/C9H7NO2/c11-10-6-8-5-7-3-1-2-4-9(7)12-8/h1-6,11H/b10-6-. The van der Waals surface area contributed by atoms with Crippen molar-refractivity contribution in [1.82, 2.24) is 0 Å². The van der Waals surface area contributed by atoms with Crippen molar-refractivity contribution in [2.75, 3.05) is 0 Å². The van der Waals surface area contributed by atoms with Crippen LogP contribution in [0.3, 0.4) is 0 Å². The number of para-hydroxylation sites is 1. The molecule has 0 aliphatic heterocycles. The zero-order chi connectivity index (χ0) is 8.39. The number of benzene rings is 1. The minimum absolute atomic E-state index is 0.554. The van der Waals surface area contributed by atoms with Crippen molar-refractivity contribution >= 4 is 17.2 Å². The van der Waals surface area contributed by atoms with Gasteiger partial charge >= 0.3 is 0 Å². The lowest BCUT2D eigenvalue weighted by molar-refractivity contribution is 0.321. The lowest BCUT2D eigenvalue weighted by atomic mass is 10.2. The summed E-state index contributed by atoms with van der Waals surface area (Å²) in [5.74, 6) is 0.554. The largest absolute Gasteiger partial charge is 0.455 e. The van der Waals surface area contributed by atoms with Gasteiger partial charge in [0.05, 0.1) is 0 Å². The van der Waals surface area contributed by atoms with Gasteiger partial charge in [0.15, 0.2) is 0 Å². The molecule has 60 valence electrons. The zero-order valence-electron chi connectivity index (χ0n) is 6.27. The van der Waals surface area contributed by atoms with Crippen LogP contribution < -0.4 is 0 Å². The average Bonchev–Trinajstić information content (AvgIpc) is 2.47. The van der Waals surface area contributed by atoms with E-state index in [4.69, 9.17) is 9.62 Å². The second-order valence-electron chi connectivity index (χ2n) is 2.43. The molecule has 1 aromatic carbocycles. The molecule has 0 unspecified atom stereocenters. The molecule has 1 N–H and O–H groups in total. The quantitative estimate of drug-likeness (QED) is 0.396. The highest BCUT2D eigenvalue weighted by Gasteiger charge is 1.98. The fraction of sp³-hybridized carbons (Fsp3) is 0. The van der Waals surface area contributed by atoms with Crippen LogP contribution in [0.2, 0.25) is 0 Å². The molecule has 3 nitrogen and oxygen atoms in total. The molecule has 0 aliphatic carbocycles. The lowest BCUT2D eigenvalue weighted by Gasteiger charge is -1.82. The van der Waals surface area contributed by atoms with Crippen molar-refractivity contribution in [3.8, 4) is 0 Å². The minimum Gasteiger partial charge on any atom is -0.455 e. The third kappa shape index (κ3) is 1.05. The van der Waals surface area contributed by atoms with Crippen molar-refractivity contribution in [2.45, 2.75) is 0 Å². The molecule has 0 aliphatic rings. The number of furan rings is 1. The van der Waals surface area contributed by atoms with Crippen molar-refractivity contribution in [2.24, 2.45) is 5.16 Å². The molecule has 0 bridgehead atoms. The summed E-state index contributed by atoms with van der Waals surface area (Å²) in [6.45, 7) is 0. The molecule has 1 heterocycles. The van der Waals surface area contributed by atoms with Gasteiger partial charge in [0.2, 0.25) is 0 Å². The van der Waals surface area contributed by atoms with Gasteiger partial charge in [-0.15, -0.1) is 0 Å². The molecule has 0 amide bonds. The first-order valence-electron chi connectivity index (χ1n) is 3.56. The molecule has 0 saturated carbocycles. The number of nitrogens with zero attached hydrogens (tertiary/aromatic N) is 1. The van der Waals surface area contributed by atoms with Crippen LogP contribution in [-0.4, -0.2) is 11.4 Å². The Morgan fingerprint density at radius 3 is 2.92 bits per heavy atom. The van der Waals surface area contributed by atoms with Gasteiger partial charge in [-0.3, -0.25) is 0 Å². The Labute approximate surface area is 68.9 Å². The van der Waals surface area contributed by atoms with Gasteiger partial charge in [0.1, 0.15) is 17.6 Å². The van der Waals surface area contributed by atoms with Gasteiger partial charge in [-0.2, -0.15) is 0 Å². The van der Waals surface area contributed by atoms with Gasteiger partial charge in [0, 0.05) is 5.39 Å². The first kappa shape index (κ1) is 6.91. The van der Waals surface area contributed by atoms with E-state index in [2.05, 4.69) is 5.16 Å². The van der Waals surface area contributed by atoms with Crippen molar-refractivity contribution in [3.63, 3.8) is 0 Å². The summed E-state index contributed by atoms with van der Waals surface area (Å²) in [7, 11) is 0. The number of oxime groups is 1. The second-order valence-corrected chi connectivity index (χ2v) is 2.43. The molecular weight excluding hydrogens is 154 g/mol. The van der Waals surface area contributed by atoms with Crippen molar-refractivity contribution in [3.05, 3.63) is 36.1 Å². The van der Waals surface area contributed by atoms with Crippen LogP contribution in [0, 0.1) is 0 Å². The van der Waals surface area contributed by atoms with E-state index in [1.807, 2.05) is 30.3 Å². The highest BCUT2D eigenvalue weighted by molar-refractivity contribution is 5.86. The normalized spacial score (nSPS) is 11.3. The summed E-state index contributed by atoms with van der Waals surface area (Å²) in [5.41, 5.74) is 0.799. The third-order valence-electron chi connectivity index (χ3n) is 1.63. The predicted octanol–water partition coefficient (Wildman–Crippen LogP) is 2.24. The number of fused-ring (bicyclic) bond motifs is 1. The number of hydrogen-bond donors (Lipinski definition) is 1. The molecule has 0 radical (unpaired) electrons. The topological polar surface area (TPSA) is 45.7 Å². The summed E-state index contributed by atoms with van der Waals surface area (Å²) in [5, 5.41) is 12.1. The van der Waals surface area contributed by atoms with Gasteiger partial charge in [-0.25, -0.2) is 0 Å². The maximum atomic E-state index is 8.25. The number of rotatable bonds is 1. The van der Waals surface area contributed by atoms with E-state index in [9.17, 15) is 0 Å². The summed E-state index contributed by atoms with van der Waals surface area (Å²) in [6.07, 6.45) is 1.26. The zero-order valence-corrected chi connectivity index (χ0v) is 6.27. The molecule has 12 heavy (non-hydrogen) atoms.